The Kier molecular flexibility index (Phi) is 3.60. The molecule has 0 atom stereocenters. The maximum atomic E-state index is 11.2. The summed E-state index contributed by atoms with van der Waals surface area (Å²) in [5.41, 5.74) is 2.30. The van der Waals surface area contributed by atoms with Gasteiger partial charge in [-0.05, 0) is 24.3 Å². The van der Waals surface area contributed by atoms with Crippen LogP contribution >= 0.6 is 0 Å². The SMILES string of the molecule is CC(=O)Nc1ccccc1N(N)c1ccccc1. The number of anilines is 3. The fourth-order valence-electron chi connectivity index (χ4n) is 1.71. The molecule has 4 heteroatoms. The summed E-state index contributed by atoms with van der Waals surface area (Å²) in [5.74, 6) is 5.95. The standard InChI is InChI=1S/C14H15N3O/c1-11(18)16-13-9-5-6-10-14(13)17(15)12-7-3-2-4-8-12/h2-10H,15H2,1H3,(H,16,18). The molecule has 0 aliphatic carbocycles. The lowest BCUT2D eigenvalue weighted by Gasteiger charge is -2.21. The van der Waals surface area contributed by atoms with Gasteiger partial charge in [0.1, 0.15) is 0 Å². The number of hydrogen-bond acceptors (Lipinski definition) is 3. The molecule has 2 rings (SSSR count). The van der Waals surface area contributed by atoms with E-state index in [4.69, 9.17) is 5.84 Å². The van der Waals surface area contributed by atoms with Crippen LogP contribution < -0.4 is 16.2 Å². The first-order valence-electron chi connectivity index (χ1n) is 5.65. The van der Waals surface area contributed by atoms with Gasteiger partial charge in [-0.15, -0.1) is 0 Å². The molecule has 0 unspecified atom stereocenters. The highest BCUT2D eigenvalue weighted by Gasteiger charge is 2.09. The van der Waals surface area contributed by atoms with Crippen LogP contribution in [0.1, 0.15) is 6.92 Å². The molecule has 2 aromatic carbocycles. The van der Waals surface area contributed by atoms with Crippen LogP contribution in [-0.4, -0.2) is 5.91 Å². The number of carbonyl (C=O) groups excluding carboxylic acids is 1. The van der Waals surface area contributed by atoms with Gasteiger partial charge in [0, 0.05) is 6.92 Å². The van der Waals surface area contributed by atoms with Crippen molar-refractivity contribution in [2.24, 2.45) is 5.84 Å². The number of nitrogens with zero attached hydrogens (tertiary/aromatic N) is 1. The average molecular weight is 241 g/mol. The van der Waals surface area contributed by atoms with E-state index in [1.807, 2.05) is 54.6 Å². The lowest BCUT2D eigenvalue weighted by atomic mass is 10.2. The summed E-state index contributed by atoms with van der Waals surface area (Å²) in [6, 6.07) is 17.0. The number of para-hydroxylation sites is 3. The summed E-state index contributed by atoms with van der Waals surface area (Å²) in [6.07, 6.45) is 0. The molecule has 0 bridgehead atoms. The van der Waals surface area contributed by atoms with E-state index in [9.17, 15) is 4.79 Å². The molecule has 0 saturated carbocycles. The molecule has 0 aliphatic rings. The number of hydrazine groups is 1. The number of carbonyl (C=O) groups is 1. The lowest BCUT2D eigenvalue weighted by molar-refractivity contribution is -0.114. The van der Waals surface area contributed by atoms with Gasteiger partial charge in [0.15, 0.2) is 0 Å². The second kappa shape index (κ2) is 5.33. The van der Waals surface area contributed by atoms with Crippen LogP contribution in [0.15, 0.2) is 54.6 Å². The molecule has 18 heavy (non-hydrogen) atoms. The quantitative estimate of drug-likeness (QED) is 0.641. The summed E-state index contributed by atoms with van der Waals surface area (Å²) in [4.78, 5) is 11.2. The molecule has 0 aromatic heterocycles. The molecule has 1 amide bonds. The third-order valence-electron chi connectivity index (χ3n) is 2.51. The predicted octanol–water partition coefficient (Wildman–Crippen LogP) is 2.66. The highest BCUT2D eigenvalue weighted by atomic mass is 16.1. The van der Waals surface area contributed by atoms with E-state index in [0.29, 0.717) is 5.69 Å². The van der Waals surface area contributed by atoms with Crippen molar-refractivity contribution in [1.82, 2.24) is 0 Å². The van der Waals surface area contributed by atoms with Gasteiger partial charge in [-0.2, -0.15) is 0 Å². The summed E-state index contributed by atoms with van der Waals surface area (Å²) in [7, 11) is 0. The molecule has 0 aliphatic heterocycles. The van der Waals surface area contributed by atoms with Crippen LogP contribution in [0.4, 0.5) is 17.1 Å². The van der Waals surface area contributed by atoms with Gasteiger partial charge in [0.05, 0.1) is 17.1 Å². The topological polar surface area (TPSA) is 58.4 Å². The zero-order valence-electron chi connectivity index (χ0n) is 10.1. The van der Waals surface area contributed by atoms with Gasteiger partial charge in [0.2, 0.25) is 5.91 Å². The number of amides is 1. The Balaban J connectivity index is 2.36. The van der Waals surface area contributed by atoms with Crippen LogP contribution in [0.5, 0.6) is 0 Å². The summed E-state index contributed by atoms with van der Waals surface area (Å²) in [6.45, 7) is 1.47. The largest absolute Gasteiger partial charge is 0.324 e. The molecule has 0 radical (unpaired) electrons. The molecular weight excluding hydrogens is 226 g/mol. The third kappa shape index (κ3) is 2.67. The van der Waals surface area contributed by atoms with Crippen molar-refractivity contribution in [1.29, 1.82) is 0 Å². The van der Waals surface area contributed by atoms with Crippen LogP contribution in [0, 0.1) is 0 Å². The fraction of sp³-hybridized carbons (Fsp3) is 0.0714. The van der Waals surface area contributed by atoms with Crippen molar-refractivity contribution in [3.05, 3.63) is 54.6 Å². The Morgan fingerprint density at radius 2 is 1.67 bits per heavy atom. The zero-order valence-corrected chi connectivity index (χ0v) is 10.1. The monoisotopic (exact) mass is 241 g/mol. The first-order chi connectivity index (χ1) is 8.68. The number of rotatable bonds is 3. The van der Waals surface area contributed by atoms with E-state index >= 15 is 0 Å². The molecule has 0 heterocycles. The Hall–Kier alpha value is -2.33. The molecule has 4 nitrogen and oxygen atoms in total. The zero-order chi connectivity index (χ0) is 13.0. The van der Waals surface area contributed by atoms with Crippen LogP contribution in [-0.2, 0) is 4.79 Å². The van der Waals surface area contributed by atoms with Gasteiger partial charge in [-0.3, -0.25) is 9.80 Å². The smallest absolute Gasteiger partial charge is 0.221 e. The van der Waals surface area contributed by atoms with Crippen molar-refractivity contribution in [2.45, 2.75) is 6.92 Å². The van der Waals surface area contributed by atoms with E-state index in [2.05, 4.69) is 5.32 Å². The second-order valence-corrected chi connectivity index (χ2v) is 3.90. The van der Waals surface area contributed by atoms with Gasteiger partial charge < -0.3 is 5.32 Å². The minimum Gasteiger partial charge on any atom is -0.324 e. The van der Waals surface area contributed by atoms with Gasteiger partial charge in [0.25, 0.3) is 0 Å². The van der Waals surface area contributed by atoms with Crippen LogP contribution in [0.25, 0.3) is 0 Å². The molecule has 2 aromatic rings. The Labute approximate surface area is 106 Å². The molecule has 3 N–H and O–H groups in total. The highest BCUT2D eigenvalue weighted by Crippen LogP contribution is 2.28. The first kappa shape index (κ1) is 12.1. The number of benzene rings is 2. The summed E-state index contributed by atoms with van der Waals surface area (Å²) >= 11 is 0. The van der Waals surface area contributed by atoms with Crippen molar-refractivity contribution >= 4 is 23.0 Å². The van der Waals surface area contributed by atoms with Gasteiger partial charge in [-0.25, -0.2) is 5.84 Å². The van der Waals surface area contributed by atoms with Gasteiger partial charge >= 0.3 is 0 Å². The second-order valence-electron chi connectivity index (χ2n) is 3.90. The lowest BCUT2D eigenvalue weighted by Crippen LogP contribution is -2.26. The molecule has 0 spiro atoms. The minimum absolute atomic E-state index is 0.121. The van der Waals surface area contributed by atoms with Crippen molar-refractivity contribution < 1.29 is 4.79 Å². The summed E-state index contributed by atoms with van der Waals surface area (Å²) < 4.78 is 0. The Morgan fingerprint density at radius 3 is 2.33 bits per heavy atom. The number of hydrogen-bond donors (Lipinski definition) is 2. The third-order valence-corrected chi connectivity index (χ3v) is 2.51. The molecular formula is C14H15N3O. The maximum absolute atomic E-state index is 11.2. The van der Waals surface area contributed by atoms with Crippen LogP contribution in [0.3, 0.4) is 0 Å². The maximum Gasteiger partial charge on any atom is 0.221 e. The summed E-state index contributed by atoms with van der Waals surface area (Å²) in [5, 5.41) is 4.31. The molecule has 0 fully saturated rings. The van der Waals surface area contributed by atoms with Crippen molar-refractivity contribution in [2.75, 3.05) is 10.3 Å². The van der Waals surface area contributed by atoms with E-state index in [1.165, 1.54) is 6.92 Å². The molecule has 92 valence electrons. The Bertz CT molecular complexity index is 540. The normalized spacial score (nSPS) is 9.89. The predicted molar refractivity (Wildman–Crippen MR) is 73.5 cm³/mol. The van der Waals surface area contributed by atoms with E-state index in [0.717, 1.165) is 11.4 Å². The number of nitrogens with one attached hydrogen (secondary N) is 1. The van der Waals surface area contributed by atoms with Gasteiger partial charge in [-0.1, -0.05) is 30.3 Å². The highest BCUT2D eigenvalue weighted by molar-refractivity contribution is 5.93. The van der Waals surface area contributed by atoms with Crippen molar-refractivity contribution in [3.8, 4) is 0 Å². The van der Waals surface area contributed by atoms with E-state index in [-0.39, 0.29) is 5.91 Å². The first-order valence-corrected chi connectivity index (χ1v) is 5.65. The number of nitrogens with two attached hydrogens (primary N) is 1. The van der Waals surface area contributed by atoms with Crippen molar-refractivity contribution in [3.63, 3.8) is 0 Å². The average Bonchev–Trinajstić information content (AvgIpc) is 2.39. The van der Waals surface area contributed by atoms with E-state index < -0.39 is 0 Å². The minimum atomic E-state index is -0.121. The molecule has 0 saturated heterocycles. The van der Waals surface area contributed by atoms with Crippen LogP contribution in [0.2, 0.25) is 0 Å². The fourth-order valence-corrected chi connectivity index (χ4v) is 1.71. The van der Waals surface area contributed by atoms with E-state index in [1.54, 1.807) is 5.01 Å². The Morgan fingerprint density at radius 1 is 1.06 bits per heavy atom.